The van der Waals surface area contributed by atoms with Crippen LogP contribution in [0.4, 0.5) is 5.69 Å². The lowest BCUT2D eigenvalue weighted by atomic mass is 10.2. The number of nitrogens with one attached hydrogen (secondary N) is 2. The van der Waals surface area contributed by atoms with E-state index in [9.17, 15) is 8.42 Å². The maximum absolute atomic E-state index is 12.9. The van der Waals surface area contributed by atoms with Gasteiger partial charge in [0, 0.05) is 12.6 Å². The molecule has 27 heavy (non-hydrogen) atoms. The Labute approximate surface area is 161 Å². The van der Waals surface area contributed by atoms with Crippen molar-refractivity contribution in [2.75, 3.05) is 4.72 Å². The van der Waals surface area contributed by atoms with Crippen LogP contribution >= 0.6 is 11.6 Å². The minimum Gasteiger partial charge on any atom is -0.338 e. The number of anilines is 1. The summed E-state index contributed by atoms with van der Waals surface area (Å²) >= 11 is 6.14. The smallest absolute Gasteiger partial charge is 0.266 e. The fourth-order valence-corrected chi connectivity index (χ4v) is 4.80. The molecule has 0 saturated carbocycles. The fraction of sp³-hybridized carbons (Fsp3) is 0.111. The zero-order valence-electron chi connectivity index (χ0n) is 14.6. The van der Waals surface area contributed by atoms with Crippen molar-refractivity contribution in [1.29, 1.82) is 0 Å². The molecule has 2 aromatic heterocycles. The highest BCUT2D eigenvalue weighted by molar-refractivity contribution is 7.93. The average Bonchev–Trinajstić information content (AvgIpc) is 3.16. The summed E-state index contributed by atoms with van der Waals surface area (Å²) in [5, 5.41) is 4.13. The van der Waals surface area contributed by atoms with Gasteiger partial charge in [-0.2, -0.15) is 5.10 Å². The van der Waals surface area contributed by atoms with Crippen LogP contribution in [-0.2, 0) is 17.1 Å². The third kappa shape index (κ3) is 3.07. The Morgan fingerprint density at radius 1 is 1.11 bits per heavy atom. The van der Waals surface area contributed by atoms with E-state index in [1.54, 1.807) is 32.2 Å². The van der Waals surface area contributed by atoms with Gasteiger partial charge in [-0.05, 0) is 31.2 Å². The van der Waals surface area contributed by atoms with Gasteiger partial charge in [0.05, 0.1) is 22.4 Å². The second kappa shape index (κ2) is 6.40. The number of aromatic amines is 1. The van der Waals surface area contributed by atoms with Crippen LogP contribution in [0.2, 0.25) is 5.15 Å². The third-order valence-corrected chi connectivity index (χ3v) is 6.25. The van der Waals surface area contributed by atoms with E-state index in [2.05, 4.69) is 19.8 Å². The standard InChI is InChI=1S/C18H16ClN5O2S/c1-11-16(17(19)24(2)22-11)27(25,26)23-13-8-4-3-7-12(13)18-20-14-9-5-6-10-15(14)21-18/h3-10,23H,1-2H3,(H,20,21). The zero-order valence-corrected chi connectivity index (χ0v) is 16.1. The van der Waals surface area contributed by atoms with Crippen LogP contribution < -0.4 is 4.72 Å². The maximum Gasteiger partial charge on any atom is 0.266 e. The summed E-state index contributed by atoms with van der Waals surface area (Å²) in [5.74, 6) is 0.573. The molecule has 0 saturated heterocycles. The SMILES string of the molecule is Cc1nn(C)c(Cl)c1S(=O)(=O)Nc1ccccc1-c1nc2ccccc2[nH]1. The lowest BCUT2D eigenvalue weighted by Gasteiger charge is -2.11. The molecule has 138 valence electrons. The van der Waals surface area contributed by atoms with Gasteiger partial charge < -0.3 is 4.98 Å². The Balaban J connectivity index is 1.79. The molecule has 7 nitrogen and oxygen atoms in total. The lowest BCUT2D eigenvalue weighted by molar-refractivity contribution is 0.600. The van der Waals surface area contributed by atoms with E-state index in [0.29, 0.717) is 22.8 Å². The molecule has 0 fully saturated rings. The number of aryl methyl sites for hydroxylation is 2. The van der Waals surface area contributed by atoms with Crippen molar-refractivity contribution in [1.82, 2.24) is 19.7 Å². The number of hydrogen-bond acceptors (Lipinski definition) is 4. The Bertz CT molecular complexity index is 1230. The topological polar surface area (TPSA) is 92.7 Å². The van der Waals surface area contributed by atoms with Gasteiger partial charge in [-0.25, -0.2) is 13.4 Å². The normalized spacial score (nSPS) is 11.8. The van der Waals surface area contributed by atoms with Gasteiger partial charge in [-0.15, -0.1) is 0 Å². The van der Waals surface area contributed by atoms with Gasteiger partial charge in [-0.3, -0.25) is 9.40 Å². The van der Waals surface area contributed by atoms with Crippen LogP contribution in [0.1, 0.15) is 5.69 Å². The van der Waals surface area contributed by atoms with Crippen molar-refractivity contribution in [3.05, 3.63) is 59.4 Å². The first-order valence-electron chi connectivity index (χ1n) is 8.13. The highest BCUT2D eigenvalue weighted by Gasteiger charge is 2.26. The number of rotatable bonds is 4. The molecule has 0 unspecified atom stereocenters. The van der Waals surface area contributed by atoms with Gasteiger partial charge >= 0.3 is 0 Å². The van der Waals surface area contributed by atoms with Crippen LogP contribution in [-0.4, -0.2) is 28.2 Å². The lowest BCUT2D eigenvalue weighted by Crippen LogP contribution is -2.14. The number of H-pyrrole nitrogens is 1. The molecule has 0 aliphatic heterocycles. The minimum absolute atomic E-state index is 0.0360. The average molecular weight is 402 g/mol. The molecule has 4 rings (SSSR count). The Morgan fingerprint density at radius 3 is 2.52 bits per heavy atom. The van der Waals surface area contributed by atoms with Crippen LogP contribution in [0.25, 0.3) is 22.4 Å². The molecular formula is C18H16ClN5O2S. The van der Waals surface area contributed by atoms with Gasteiger partial charge in [0.25, 0.3) is 10.0 Å². The van der Waals surface area contributed by atoms with Crippen LogP contribution in [0.3, 0.4) is 0 Å². The predicted octanol–water partition coefficient (Wildman–Crippen LogP) is 3.73. The molecule has 2 N–H and O–H groups in total. The van der Waals surface area contributed by atoms with Crippen molar-refractivity contribution in [3.8, 4) is 11.4 Å². The van der Waals surface area contributed by atoms with E-state index in [1.165, 1.54) is 4.68 Å². The molecule has 2 aromatic carbocycles. The van der Waals surface area contributed by atoms with Crippen LogP contribution in [0, 0.1) is 6.92 Å². The molecule has 0 spiro atoms. The zero-order chi connectivity index (χ0) is 19.2. The molecule has 0 radical (unpaired) electrons. The quantitative estimate of drug-likeness (QED) is 0.545. The molecule has 4 aromatic rings. The number of para-hydroxylation sites is 3. The summed E-state index contributed by atoms with van der Waals surface area (Å²) in [6, 6.07) is 14.7. The highest BCUT2D eigenvalue weighted by Crippen LogP contribution is 2.31. The summed E-state index contributed by atoms with van der Waals surface area (Å²) in [6.07, 6.45) is 0. The third-order valence-electron chi connectivity index (χ3n) is 4.18. The summed E-state index contributed by atoms with van der Waals surface area (Å²) in [7, 11) is -2.33. The van der Waals surface area contributed by atoms with Gasteiger partial charge in [-0.1, -0.05) is 35.9 Å². The summed E-state index contributed by atoms with van der Waals surface area (Å²) < 4.78 is 29.8. The van der Waals surface area contributed by atoms with Crippen LogP contribution in [0.15, 0.2) is 53.4 Å². The summed E-state index contributed by atoms with van der Waals surface area (Å²) in [4.78, 5) is 7.73. The van der Waals surface area contributed by atoms with E-state index >= 15 is 0 Å². The Hall–Kier alpha value is -2.84. The molecule has 0 aliphatic carbocycles. The van der Waals surface area contributed by atoms with Crippen molar-refractivity contribution in [2.45, 2.75) is 11.8 Å². The summed E-state index contributed by atoms with van der Waals surface area (Å²) in [6.45, 7) is 1.60. The maximum atomic E-state index is 12.9. The van der Waals surface area contributed by atoms with Crippen molar-refractivity contribution < 1.29 is 8.42 Å². The largest absolute Gasteiger partial charge is 0.338 e. The first-order valence-corrected chi connectivity index (χ1v) is 9.99. The number of imidazole rings is 1. The van der Waals surface area contributed by atoms with Crippen LogP contribution in [0.5, 0.6) is 0 Å². The van der Waals surface area contributed by atoms with Crippen molar-refractivity contribution in [2.24, 2.45) is 7.05 Å². The number of benzene rings is 2. The number of aromatic nitrogens is 4. The molecule has 0 amide bonds. The Kier molecular flexibility index (Phi) is 4.16. The number of nitrogens with zero attached hydrogens (tertiary/aromatic N) is 3. The fourth-order valence-electron chi connectivity index (χ4n) is 2.97. The van der Waals surface area contributed by atoms with Crippen molar-refractivity contribution in [3.63, 3.8) is 0 Å². The van der Waals surface area contributed by atoms with E-state index in [-0.39, 0.29) is 10.0 Å². The van der Waals surface area contributed by atoms with Crippen molar-refractivity contribution >= 4 is 38.3 Å². The number of hydrogen-bond donors (Lipinski definition) is 2. The minimum atomic E-state index is -3.92. The van der Waals surface area contributed by atoms with Gasteiger partial charge in [0.2, 0.25) is 0 Å². The molecule has 0 aliphatic rings. The second-order valence-electron chi connectivity index (χ2n) is 6.08. The first kappa shape index (κ1) is 17.6. The van der Waals surface area contributed by atoms with E-state index in [0.717, 1.165) is 11.0 Å². The van der Waals surface area contributed by atoms with Gasteiger partial charge in [0.1, 0.15) is 15.9 Å². The molecule has 0 atom stereocenters. The molecule has 9 heteroatoms. The van der Waals surface area contributed by atoms with E-state index in [4.69, 9.17) is 11.6 Å². The van der Waals surface area contributed by atoms with E-state index in [1.807, 2.05) is 30.3 Å². The molecule has 0 bridgehead atoms. The van der Waals surface area contributed by atoms with Gasteiger partial charge in [0.15, 0.2) is 0 Å². The first-order chi connectivity index (χ1) is 12.9. The Morgan fingerprint density at radius 2 is 1.81 bits per heavy atom. The van der Waals surface area contributed by atoms with E-state index < -0.39 is 10.0 Å². The highest BCUT2D eigenvalue weighted by atomic mass is 35.5. The molecular weight excluding hydrogens is 386 g/mol. The number of sulfonamides is 1. The monoisotopic (exact) mass is 401 g/mol. The predicted molar refractivity (Wildman–Crippen MR) is 105 cm³/mol. The number of fused-ring (bicyclic) bond motifs is 1. The second-order valence-corrected chi connectivity index (χ2v) is 8.06. The number of halogens is 1. The summed E-state index contributed by atoms with van der Waals surface area (Å²) in [5.41, 5.74) is 3.04. The molecule has 2 heterocycles.